The number of nitrogens with one attached hydrogen (secondary N) is 2. The fraction of sp³-hybridized carbons (Fsp3) is 0.176. The molecule has 0 radical (unpaired) electrons. The smallest absolute Gasteiger partial charge is 0.233 e. The van der Waals surface area contributed by atoms with Crippen molar-refractivity contribution in [2.45, 2.75) is 6.42 Å². The highest BCUT2D eigenvalue weighted by molar-refractivity contribution is 6.30. The molecule has 0 saturated heterocycles. The zero-order valence-corrected chi connectivity index (χ0v) is 13.4. The Bertz CT molecular complexity index is 762. The summed E-state index contributed by atoms with van der Waals surface area (Å²) >= 11 is 5.78. The van der Waals surface area contributed by atoms with Crippen LogP contribution < -0.4 is 20.1 Å². The van der Waals surface area contributed by atoms with Crippen LogP contribution in [0.3, 0.4) is 0 Å². The number of ether oxygens (including phenoxy) is 2. The highest BCUT2D eigenvalue weighted by Crippen LogP contribution is 2.32. The molecular formula is C17H15ClN2O4. The lowest BCUT2D eigenvalue weighted by Gasteiger charge is -2.19. The van der Waals surface area contributed by atoms with E-state index in [1.165, 1.54) is 0 Å². The summed E-state index contributed by atoms with van der Waals surface area (Å²) in [7, 11) is 0. The first-order valence-corrected chi connectivity index (χ1v) is 7.73. The van der Waals surface area contributed by atoms with E-state index in [0.717, 1.165) is 0 Å². The van der Waals surface area contributed by atoms with Crippen LogP contribution in [0.4, 0.5) is 11.4 Å². The van der Waals surface area contributed by atoms with E-state index < -0.39 is 11.8 Å². The van der Waals surface area contributed by atoms with Gasteiger partial charge in [-0.1, -0.05) is 11.6 Å². The first-order valence-electron chi connectivity index (χ1n) is 7.35. The first-order chi connectivity index (χ1) is 11.6. The van der Waals surface area contributed by atoms with Gasteiger partial charge in [-0.05, 0) is 36.4 Å². The second-order valence-corrected chi connectivity index (χ2v) is 5.57. The summed E-state index contributed by atoms with van der Waals surface area (Å²) in [6.07, 6.45) is -0.295. The van der Waals surface area contributed by atoms with E-state index >= 15 is 0 Å². The Morgan fingerprint density at radius 1 is 0.875 bits per heavy atom. The van der Waals surface area contributed by atoms with Crippen LogP contribution in [0, 0.1) is 0 Å². The van der Waals surface area contributed by atoms with E-state index in [1.807, 2.05) is 0 Å². The minimum Gasteiger partial charge on any atom is -0.486 e. The van der Waals surface area contributed by atoms with Gasteiger partial charge < -0.3 is 20.1 Å². The normalized spacial score (nSPS) is 12.4. The van der Waals surface area contributed by atoms with Crippen LogP contribution in [0.2, 0.25) is 5.02 Å². The van der Waals surface area contributed by atoms with E-state index in [1.54, 1.807) is 42.5 Å². The maximum atomic E-state index is 12.0. The van der Waals surface area contributed by atoms with Crippen LogP contribution in [-0.2, 0) is 9.59 Å². The summed E-state index contributed by atoms with van der Waals surface area (Å²) in [5, 5.41) is 5.87. The zero-order valence-electron chi connectivity index (χ0n) is 12.7. The lowest BCUT2D eigenvalue weighted by molar-refractivity contribution is -0.123. The van der Waals surface area contributed by atoms with Crippen LogP contribution in [0.15, 0.2) is 42.5 Å². The highest BCUT2D eigenvalue weighted by Gasteiger charge is 2.14. The Balaban J connectivity index is 1.55. The van der Waals surface area contributed by atoms with E-state index in [-0.39, 0.29) is 6.42 Å². The molecule has 0 aliphatic carbocycles. The number of carbonyl (C=O) groups excluding carboxylic acids is 2. The molecule has 1 heterocycles. The predicted octanol–water partition coefficient (Wildman–Crippen LogP) is 3.08. The molecule has 6 nitrogen and oxygen atoms in total. The number of rotatable bonds is 4. The molecule has 2 N–H and O–H groups in total. The zero-order chi connectivity index (χ0) is 16.9. The van der Waals surface area contributed by atoms with Gasteiger partial charge in [-0.25, -0.2) is 0 Å². The van der Waals surface area contributed by atoms with Gasteiger partial charge in [0.2, 0.25) is 11.8 Å². The highest BCUT2D eigenvalue weighted by atomic mass is 35.5. The fourth-order valence-electron chi connectivity index (χ4n) is 2.21. The van der Waals surface area contributed by atoms with Gasteiger partial charge in [-0.2, -0.15) is 0 Å². The minimum absolute atomic E-state index is 0.295. The van der Waals surface area contributed by atoms with Gasteiger partial charge in [0, 0.05) is 22.5 Å². The molecule has 0 spiro atoms. The van der Waals surface area contributed by atoms with E-state index in [2.05, 4.69) is 10.6 Å². The van der Waals surface area contributed by atoms with E-state index in [9.17, 15) is 9.59 Å². The average Bonchev–Trinajstić information content (AvgIpc) is 2.56. The summed E-state index contributed by atoms with van der Waals surface area (Å²) in [6.45, 7) is 0.970. The molecule has 124 valence electrons. The number of amides is 2. The molecule has 1 aliphatic heterocycles. The van der Waals surface area contributed by atoms with Gasteiger partial charge in [0.05, 0.1) is 0 Å². The van der Waals surface area contributed by atoms with Gasteiger partial charge in [0.25, 0.3) is 0 Å². The molecule has 7 heteroatoms. The van der Waals surface area contributed by atoms with Crippen molar-refractivity contribution in [3.63, 3.8) is 0 Å². The summed E-state index contributed by atoms with van der Waals surface area (Å²) in [4.78, 5) is 23.9. The van der Waals surface area contributed by atoms with Crippen molar-refractivity contribution in [2.75, 3.05) is 23.8 Å². The summed E-state index contributed by atoms with van der Waals surface area (Å²) in [6, 6.07) is 11.7. The van der Waals surface area contributed by atoms with Gasteiger partial charge >= 0.3 is 0 Å². The molecule has 1 aliphatic rings. The maximum absolute atomic E-state index is 12.0. The molecule has 2 aromatic carbocycles. The largest absolute Gasteiger partial charge is 0.486 e. The van der Waals surface area contributed by atoms with Crippen molar-refractivity contribution in [3.05, 3.63) is 47.5 Å². The van der Waals surface area contributed by atoms with Gasteiger partial charge in [0.15, 0.2) is 11.5 Å². The Morgan fingerprint density at radius 2 is 1.46 bits per heavy atom. The second kappa shape index (κ2) is 7.23. The summed E-state index contributed by atoms with van der Waals surface area (Å²) < 4.78 is 10.9. The molecular weight excluding hydrogens is 332 g/mol. The van der Waals surface area contributed by atoms with Crippen molar-refractivity contribution in [3.8, 4) is 11.5 Å². The van der Waals surface area contributed by atoms with Crippen molar-refractivity contribution in [1.82, 2.24) is 0 Å². The Hall–Kier alpha value is -2.73. The van der Waals surface area contributed by atoms with Gasteiger partial charge in [-0.3, -0.25) is 9.59 Å². The molecule has 0 atom stereocenters. The summed E-state index contributed by atoms with van der Waals surface area (Å²) in [5.41, 5.74) is 1.13. The monoisotopic (exact) mass is 346 g/mol. The van der Waals surface area contributed by atoms with Crippen LogP contribution >= 0.6 is 11.6 Å². The fourth-order valence-corrected chi connectivity index (χ4v) is 2.34. The lowest BCUT2D eigenvalue weighted by atomic mass is 10.2. The van der Waals surface area contributed by atoms with Crippen molar-refractivity contribution >= 4 is 34.8 Å². The quantitative estimate of drug-likeness (QED) is 0.834. The van der Waals surface area contributed by atoms with E-state index in [0.29, 0.717) is 41.1 Å². The topological polar surface area (TPSA) is 76.7 Å². The third-order valence-corrected chi connectivity index (χ3v) is 3.53. The SMILES string of the molecule is O=C(CC(=O)Nc1ccc2c(c1)OCCO2)Nc1ccc(Cl)cc1. The molecule has 0 aromatic heterocycles. The molecule has 0 bridgehead atoms. The first kappa shape index (κ1) is 16.1. The third-order valence-electron chi connectivity index (χ3n) is 3.28. The molecule has 2 aromatic rings. The van der Waals surface area contributed by atoms with Crippen LogP contribution in [-0.4, -0.2) is 25.0 Å². The summed E-state index contributed by atoms with van der Waals surface area (Å²) in [5.74, 6) is 0.384. The molecule has 3 rings (SSSR count). The van der Waals surface area contributed by atoms with Crippen molar-refractivity contribution in [2.24, 2.45) is 0 Å². The van der Waals surface area contributed by atoms with Gasteiger partial charge in [0.1, 0.15) is 19.6 Å². The third kappa shape index (κ3) is 4.17. The Labute approximate surface area is 143 Å². The van der Waals surface area contributed by atoms with Crippen molar-refractivity contribution in [1.29, 1.82) is 0 Å². The Morgan fingerprint density at radius 3 is 2.17 bits per heavy atom. The molecule has 0 saturated carbocycles. The lowest BCUT2D eigenvalue weighted by Crippen LogP contribution is -2.21. The van der Waals surface area contributed by atoms with Crippen LogP contribution in [0.5, 0.6) is 11.5 Å². The van der Waals surface area contributed by atoms with E-state index in [4.69, 9.17) is 21.1 Å². The number of benzene rings is 2. The number of hydrogen-bond acceptors (Lipinski definition) is 4. The number of halogens is 1. The predicted molar refractivity (Wildman–Crippen MR) is 90.8 cm³/mol. The molecule has 24 heavy (non-hydrogen) atoms. The van der Waals surface area contributed by atoms with Crippen molar-refractivity contribution < 1.29 is 19.1 Å². The van der Waals surface area contributed by atoms with Crippen LogP contribution in [0.1, 0.15) is 6.42 Å². The molecule has 0 unspecified atom stereocenters. The minimum atomic E-state index is -0.418. The number of hydrogen-bond donors (Lipinski definition) is 2. The number of anilines is 2. The Kier molecular flexibility index (Phi) is 4.86. The number of carbonyl (C=O) groups is 2. The van der Waals surface area contributed by atoms with Crippen LogP contribution in [0.25, 0.3) is 0 Å². The second-order valence-electron chi connectivity index (χ2n) is 5.14. The average molecular weight is 347 g/mol. The maximum Gasteiger partial charge on any atom is 0.233 e. The molecule has 2 amide bonds. The standard InChI is InChI=1S/C17H15ClN2O4/c18-11-1-3-12(4-2-11)19-16(21)10-17(22)20-13-5-6-14-15(9-13)24-8-7-23-14/h1-6,9H,7-8,10H2,(H,19,21)(H,20,22). The van der Waals surface area contributed by atoms with Gasteiger partial charge in [-0.15, -0.1) is 0 Å². The molecule has 0 fully saturated rings. The number of fused-ring (bicyclic) bond motifs is 1.